The van der Waals surface area contributed by atoms with E-state index in [1.165, 1.54) is 0 Å². The summed E-state index contributed by atoms with van der Waals surface area (Å²) >= 11 is 0. The molecule has 3 amide bonds. The first-order valence-corrected chi connectivity index (χ1v) is 4.40. The molecule has 0 aromatic heterocycles. The predicted molar refractivity (Wildman–Crippen MR) is 52.0 cm³/mol. The first-order chi connectivity index (χ1) is 6.84. The molecule has 1 heterocycles. The van der Waals surface area contributed by atoms with Crippen molar-refractivity contribution < 1.29 is 19.5 Å². The van der Waals surface area contributed by atoms with Crippen LogP contribution in [0.25, 0.3) is 0 Å². The highest BCUT2D eigenvalue weighted by Crippen LogP contribution is 1.96. The van der Waals surface area contributed by atoms with Gasteiger partial charge in [0, 0.05) is 0 Å². The van der Waals surface area contributed by atoms with Crippen LogP contribution in [0.3, 0.4) is 0 Å². The lowest BCUT2D eigenvalue weighted by Crippen LogP contribution is -2.34. The van der Waals surface area contributed by atoms with E-state index in [9.17, 15) is 14.4 Å². The molecule has 7 heteroatoms. The van der Waals surface area contributed by atoms with Gasteiger partial charge in [0.1, 0.15) is 6.04 Å². The summed E-state index contributed by atoms with van der Waals surface area (Å²) in [7, 11) is 0. The molecule has 7 nitrogen and oxygen atoms in total. The van der Waals surface area contributed by atoms with E-state index >= 15 is 0 Å². The molecular weight excluding hydrogens is 202 g/mol. The fraction of sp³-hybridized carbons (Fsp3) is 0.625. The van der Waals surface area contributed by atoms with Gasteiger partial charge in [-0.3, -0.25) is 14.9 Å². The molecule has 0 spiro atoms. The molecule has 86 valence electrons. The van der Waals surface area contributed by atoms with Crippen molar-refractivity contribution in [3.8, 4) is 0 Å². The smallest absolute Gasteiger partial charge is 0.321 e. The zero-order valence-corrected chi connectivity index (χ0v) is 8.61. The molecule has 1 rings (SSSR count). The van der Waals surface area contributed by atoms with Crippen LogP contribution in [0.4, 0.5) is 4.79 Å². The maximum absolute atomic E-state index is 10.1. The lowest BCUT2D eigenvalue weighted by molar-refractivity contribution is -0.139. The van der Waals surface area contributed by atoms with Crippen LogP contribution >= 0.6 is 0 Å². The van der Waals surface area contributed by atoms with Crippen LogP contribution in [0, 0.1) is 5.92 Å². The standard InChI is InChI=1S/C5H11NO2.C3H4N2O2/c1-3(2)4(6)5(7)8;6-2-1-4-3(7)5-2/h3-4H,6H2,1-2H3,(H,7,8);1H2,(H2,4,5,6,7)/t4-;/m0./s1. The van der Waals surface area contributed by atoms with E-state index in [1.54, 1.807) is 13.8 Å². The minimum Gasteiger partial charge on any atom is -0.480 e. The average molecular weight is 217 g/mol. The van der Waals surface area contributed by atoms with Gasteiger partial charge >= 0.3 is 12.0 Å². The van der Waals surface area contributed by atoms with Gasteiger partial charge in [0.05, 0.1) is 6.54 Å². The molecule has 0 aromatic carbocycles. The van der Waals surface area contributed by atoms with E-state index in [4.69, 9.17) is 10.8 Å². The molecule has 0 radical (unpaired) electrons. The first kappa shape index (κ1) is 13.4. The Hall–Kier alpha value is -1.63. The van der Waals surface area contributed by atoms with Crippen molar-refractivity contribution in [3.05, 3.63) is 0 Å². The number of carbonyl (C=O) groups excluding carboxylic acids is 2. The van der Waals surface area contributed by atoms with Crippen molar-refractivity contribution in [2.45, 2.75) is 19.9 Å². The molecule has 1 aliphatic heterocycles. The first-order valence-electron chi connectivity index (χ1n) is 4.40. The largest absolute Gasteiger partial charge is 0.480 e. The van der Waals surface area contributed by atoms with Gasteiger partial charge < -0.3 is 16.2 Å². The van der Waals surface area contributed by atoms with Crippen molar-refractivity contribution >= 4 is 17.9 Å². The Morgan fingerprint density at radius 2 is 2.00 bits per heavy atom. The summed E-state index contributed by atoms with van der Waals surface area (Å²) in [4.78, 5) is 30.1. The molecule has 0 saturated carbocycles. The Balaban J connectivity index is 0.000000262. The normalized spacial score (nSPS) is 16.3. The van der Waals surface area contributed by atoms with Crippen LogP contribution in [-0.4, -0.2) is 35.6 Å². The second kappa shape index (κ2) is 5.97. The van der Waals surface area contributed by atoms with Gasteiger partial charge in [-0.05, 0) is 5.92 Å². The van der Waals surface area contributed by atoms with Crippen LogP contribution in [-0.2, 0) is 9.59 Å². The number of hydrogen-bond donors (Lipinski definition) is 4. The highest BCUT2D eigenvalue weighted by atomic mass is 16.4. The van der Waals surface area contributed by atoms with E-state index < -0.39 is 18.0 Å². The maximum Gasteiger partial charge on any atom is 0.321 e. The highest BCUT2D eigenvalue weighted by molar-refractivity contribution is 6.01. The van der Waals surface area contributed by atoms with Crippen molar-refractivity contribution in [2.24, 2.45) is 11.7 Å². The fourth-order valence-corrected chi connectivity index (χ4v) is 0.661. The molecule has 1 fully saturated rings. The zero-order chi connectivity index (χ0) is 12.0. The number of urea groups is 1. The Kier molecular flexibility index (Phi) is 5.32. The average Bonchev–Trinajstić information content (AvgIpc) is 2.49. The number of nitrogens with two attached hydrogens (primary N) is 1. The fourth-order valence-electron chi connectivity index (χ4n) is 0.661. The van der Waals surface area contributed by atoms with Gasteiger partial charge in [0.25, 0.3) is 0 Å². The van der Waals surface area contributed by atoms with Crippen LogP contribution in [0.2, 0.25) is 0 Å². The molecule has 5 N–H and O–H groups in total. The van der Waals surface area contributed by atoms with Crippen LogP contribution in [0.15, 0.2) is 0 Å². The highest BCUT2D eigenvalue weighted by Gasteiger charge is 2.14. The Labute approximate surface area is 87.0 Å². The van der Waals surface area contributed by atoms with Gasteiger partial charge in [-0.1, -0.05) is 13.8 Å². The minimum atomic E-state index is -0.931. The van der Waals surface area contributed by atoms with Gasteiger partial charge in [-0.15, -0.1) is 0 Å². The van der Waals surface area contributed by atoms with E-state index in [2.05, 4.69) is 5.32 Å². The third kappa shape index (κ3) is 5.63. The zero-order valence-electron chi connectivity index (χ0n) is 8.61. The number of carbonyl (C=O) groups is 3. The van der Waals surface area contributed by atoms with Crippen molar-refractivity contribution in [1.82, 2.24) is 10.6 Å². The van der Waals surface area contributed by atoms with Crippen molar-refractivity contribution in [2.75, 3.05) is 6.54 Å². The number of aliphatic carboxylic acids is 1. The van der Waals surface area contributed by atoms with Crippen LogP contribution in [0.1, 0.15) is 13.8 Å². The summed E-state index contributed by atoms with van der Waals surface area (Å²) < 4.78 is 0. The lowest BCUT2D eigenvalue weighted by Gasteiger charge is -2.07. The SMILES string of the molecule is CC(C)[C@H](N)C(=O)O.O=C1CNC(=O)N1. The minimum absolute atomic E-state index is 0.0208. The quantitative estimate of drug-likeness (QED) is 0.436. The molecular formula is C8H15N3O4. The van der Waals surface area contributed by atoms with Crippen molar-refractivity contribution in [1.29, 1.82) is 0 Å². The van der Waals surface area contributed by atoms with Crippen LogP contribution < -0.4 is 16.4 Å². The van der Waals surface area contributed by atoms with Crippen LogP contribution in [0.5, 0.6) is 0 Å². The summed E-state index contributed by atoms with van der Waals surface area (Å²) in [6.07, 6.45) is 0. The lowest BCUT2D eigenvalue weighted by atomic mass is 10.1. The number of rotatable bonds is 2. The predicted octanol–water partition coefficient (Wildman–Crippen LogP) is -1.12. The number of hydrogen-bond acceptors (Lipinski definition) is 4. The second-order valence-electron chi connectivity index (χ2n) is 3.34. The molecule has 1 saturated heterocycles. The monoisotopic (exact) mass is 217 g/mol. The number of amides is 3. The Morgan fingerprint density at radius 1 is 1.47 bits per heavy atom. The van der Waals surface area contributed by atoms with E-state index in [0.29, 0.717) is 0 Å². The van der Waals surface area contributed by atoms with Crippen molar-refractivity contribution in [3.63, 3.8) is 0 Å². The summed E-state index contributed by atoms with van der Waals surface area (Å²) in [5, 5.41) is 12.5. The number of nitrogens with one attached hydrogen (secondary N) is 2. The van der Waals surface area contributed by atoms with Gasteiger partial charge in [-0.25, -0.2) is 4.79 Å². The van der Waals surface area contributed by atoms with E-state index in [-0.39, 0.29) is 18.4 Å². The number of imide groups is 1. The van der Waals surface area contributed by atoms with Gasteiger partial charge in [0.15, 0.2) is 0 Å². The summed E-state index contributed by atoms with van der Waals surface area (Å²) in [6, 6.07) is -1.11. The third-order valence-corrected chi connectivity index (χ3v) is 1.67. The topological polar surface area (TPSA) is 122 Å². The molecule has 15 heavy (non-hydrogen) atoms. The summed E-state index contributed by atoms with van der Waals surface area (Å²) in [6.45, 7) is 3.68. The molecule has 1 aliphatic rings. The molecule has 0 unspecified atom stereocenters. The summed E-state index contributed by atoms with van der Waals surface area (Å²) in [5.41, 5.74) is 5.16. The van der Waals surface area contributed by atoms with Gasteiger partial charge in [0.2, 0.25) is 5.91 Å². The van der Waals surface area contributed by atoms with Gasteiger partial charge in [-0.2, -0.15) is 0 Å². The maximum atomic E-state index is 10.1. The second-order valence-corrected chi connectivity index (χ2v) is 3.34. The Morgan fingerprint density at radius 3 is 2.07 bits per heavy atom. The molecule has 1 atom stereocenters. The summed E-state index contributed by atoms with van der Waals surface area (Å²) in [5.74, 6) is -1.17. The molecule has 0 aliphatic carbocycles. The Bertz CT molecular complexity index is 251. The van der Waals surface area contributed by atoms with E-state index in [0.717, 1.165) is 0 Å². The third-order valence-electron chi connectivity index (χ3n) is 1.67. The molecule has 0 aromatic rings. The van der Waals surface area contributed by atoms with E-state index in [1.807, 2.05) is 5.32 Å². The number of carboxylic acid groups (broad SMARTS) is 1. The molecule has 0 bridgehead atoms. The number of carboxylic acids is 1.